The predicted molar refractivity (Wildman–Crippen MR) is 70.8 cm³/mol. The van der Waals surface area contributed by atoms with Gasteiger partial charge in [-0.1, -0.05) is 43.7 Å². The number of pyridine rings is 1. The van der Waals surface area contributed by atoms with Crippen molar-refractivity contribution in [3.05, 3.63) is 66.0 Å². The highest BCUT2D eigenvalue weighted by Crippen LogP contribution is 2.01. The molecule has 0 bridgehead atoms. The summed E-state index contributed by atoms with van der Waals surface area (Å²) in [5.74, 6) is 0. The van der Waals surface area contributed by atoms with Crippen molar-refractivity contribution in [2.24, 2.45) is 0 Å². The molecule has 0 saturated carbocycles. The fourth-order valence-corrected chi connectivity index (χ4v) is 2.00. The van der Waals surface area contributed by atoms with Gasteiger partial charge in [-0.05, 0) is 17.5 Å². The van der Waals surface area contributed by atoms with E-state index in [0.29, 0.717) is 0 Å². The van der Waals surface area contributed by atoms with E-state index in [1.54, 1.807) is 0 Å². The van der Waals surface area contributed by atoms with E-state index in [2.05, 4.69) is 66.3 Å². The van der Waals surface area contributed by atoms with Crippen molar-refractivity contribution in [1.82, 2.24) is 0 Å². The summed E-state index contributed by atoms with van der Waals surface area (Å²) in [5.41, 5.74) is 2.83. The Balaban J connectivity index is 1.91. The lowest BCUT2D eigenvalue weighted by Crippen LogP contribution is -2.33. The van der Waals surface area contributed by atoms with Crippen LogP contribution in [0.2, 0.25) is 0 Å². The van der Waals surface area contributed by atoms with Crippen molar-refractivity contribution in [3.8, 4) is 0 Å². The van der Waals surface area contributed by atoms with Crippen LogP contribution in [0.4, 0.5) is 0 Å². The first-order valence-corrected chi connectivity index (χ1v) is 6.40. The molecule has 1 heterocycles. The third kappa shape index (κ3) is 3.70. The Morgan fingerprint density at radius 3 is 2.12 bits per heavy atom. The lowest BCUT2D eigenvalue weighted by molar-refractivity contribution is -0.696. The Morgan fingerprint density at radius 1 is 0.824 bits per heavy atom. The van der Waals surface area contributed by atoms with Gasteiger partial charge in [-0.2, -0.15) is 0 Å². The van der Waals surface area contributed by atoms with Crippen LogP contribution in [-0.4, -0.2) is 0 Å². The molecule has 0 aliphatic carbocycles. The molecule has 0 fully saturated rings. The lowest BCUT2D eigenvalue weighted by atomic mass is 10.1. The van der Waals surface area contributed by atoms with Gasteiger partial charge in [0.05, 0.1) is 0 Å². The maximum Gasteiger partial charge on any atom is 0.169 e. The number of hydrogen-bond donors (Lipinski definition) is 0. The van der Waals surface area contributed by atoms with Crippen molar-refractivity contribution >= 4 is 0 Å². The summed E-state index contributed by atoms with van der Waals surface area (Å²) in [7, 11) is 0. The van der Waals surface area contributed by atoms with E-state index in [1.807, 2.05) is 0 Å². The average Bonchev–Trinajstić information content (AvgIpc) is 2.40. The van der Waals surface area contributed by atoms with Crippen LogP contribution >= 0.6 is 0 Å². The molecular formula is C16H20N+. The molecule has 0 spiro atoms. The zero-order chi connectivity index (χ0) is 11.9. The molecule has 0 aliphatic heterocycles. The Morgan fingerprint density at radius 2 is 1.47 bits per heavy atom. The number of rotatable bonds is 5. The molecule has 1 aromatic heterocycles. The SMILES string of the molecule is CCCc1cc[n+](CCc2ccccc2)cc1. The highest BCUT2D eigenvalue weighted by atomic mass is 14.9. The summed E-state index contributed by atoms with van der Waals surface area (Å²) in [6, 6.07) is 15.1. The van der Waals surface area contributed by atoms with Crippen LogP contribution in [0.25, 0.3) is 0 Å². The van der Waals surface area contributed by atoms with Crippen molar-refractivity contribution < 1.29 is 4.57 Å². The second-order valence-corrected chi connectivity index (χ2v) is 4.43. The van der Waals surface area contributed by atoms with Gasteiger partial charge < -0.3 is 0 Å². The molecule has 2 rings (SSSR count). The molecular weight excluding hydrogens is 206 g/mol. The molecule has 0 amide bonds. The summed E-state index contributed by atoms with van der Waals surface area (Å²) in [5, 5.41) is 0. The Kier molecular flexibility index (Phi) is 4.31. The van der Waals surface area contributed by atoms with Crippen LogP contribution < -0.4 is 4.57 Å². The van der Waals surface area contributed by atoms with E-state index in [4.69, 9.17) is 0 Å². The zero-order valence-corrected chi connectivity index (χ0v) is 10.5. The quantitative estimate of drug-likeness (QED) is 0.689. The molecule has 0 unspecified atom stereocenters. The van der Waals surface area contributed by atoms with Crippen LogP contribution in [0.1, 0.15) is 24.5 Å². The third-order valence-corrected chi connectivity index (χ3v) is 3.00. The smallest absolute Gasteiger partial charge is 0.169 e. The molecule has 1 aromatic carbocycles. The molecule has 0 radical (unpaired) electrons. The minimum atomic E-state index is 1.05. The molecule has 1 nitrogen and oxygen atoms in total. The van der Waals surface area contributed by atoms with E-state index < -0.39 is 0 Å². The zero-order valence-electron chi connectivity index (χ0n) is 10.5. The van der Waals surface area contributed by atoms with Crippen LogP contribution in [0.3, 0.4) is 0 Å². The molecule has 0 aliphatic rings. The number of aryl methyl sites for hydroxylation is 3. The molecule has 1 heteroatoms. The molecule has 0 N–H and O–H groups in total. The number of aromatic nitrogens is 1. The van der Waals surface area contributed by atoms with Gasteiger partial charge in [-0.25, -0.2) is 4.57 Å². The normalized spacial score (nSPS) is 10.4. The monoisotopic (exact) mass is 226 g/mol. The standard InChI is InChI=1S/C16H20N/c1-2-6-15-9-12-17(13-10-15)14-11-16-7-4-3-5-8-16/h3-5,7-10,12-13H,2,6,11,14H2,1H3/q+1. The van der Waals surface area contributed by atoms with Crippen LogP contribution in [0.5, 0.6) is 0 Å². The number of benzene rings is 1. The predicted octanol–water partition coefficient (Wildman–Crippen LogP) is 3.17. The molecule has 0 atom stereocenters. The maximum absolute atomic E-state index is 2.26. The second-order valence-electron chi connectivity index (χ2n) is 4.43. The average molecular weight is 226 g/mol. The summed E-state index contributed by atoms with van der Waals surface area (Å²) in [6.07, 6.45) is 7.87. The Labute approximate surface area is 104 Å². The van der Waals surface area contributed by atoms with Gasteiger partial charge in [-0.3, -0.25) is 0 Å². The Bertz CT molecular complexity index is 431. The van der Waals surface area contributed by atoms with Crippen LogP contribution in [0, 0.1) is 0 Å². The minimum Gasteiger partial charge on any atom is -0.205 e. The van der Waals surface area contributed by atoms with E-state index in [-0.39, 0.29) is 0 Å². The first-order chi connectivity index (χ1) is 8.38. The van der Waals surface area contributed by atoms with Gasteiger partial charge >= 0.3 is 0 Å². The highest BCUT2D eigenvalue weighted by Gasteiger charge is 2.01. The van der Waals surface area contributed by atoms with E-state index in [1.165, 1.54) is 24.0 Å². The summed E-state index contributed by atoms with van der Waals surface area (Å²) in [6.45, 7) is 3.27. The fraction of sp³-hybridized carbons (Fsp3) is 0.312. The van der Waals surface area contributed by atoms with Gasteiger partial charge in [0, 0.05) is 18.6 Å². The van der Waals surface area contributed by atoms with Crippen molar-refractivity contribution in [3.63, 3.8) is 0 Å². The van der Waals surface area contributed by atoms with Crippen LogP contribution in [-0.2, 0) is 19.4 Å². The van der Waals surface area contributed by atoms with Gasteiger partial charge in [0.2, 0.25) is 0 Å². The topological polar surface area (TPSA) is 3.88 Å². The third-order valence-electron chi connectivity index (χ3n) is 3.00. The molecule has 0 saturated heterocycles. The van der Waals surface area contributed by atoms with E-state index >= 15 is 0 Å². The van der Waals surface area contributed by atoms with Crippen molar-refractivity contribution in [2.45, 2.75) is 32.7 Å². The molecule has 2 aromatic rings. The van der Waals surface area contributed by atoms with Gasteiger partial charge in [-0.15, -0.1) is 0 Å². The highest BCUT2D eigenvalue weighted by molar-refractivity contribution is 5.14. The van der Waals surface area contributed by atoms with Gasteiger partial charge in [0.1, 0.15) is 0 Å². The Hall–Kier alpha value is -1.63. The number of nitrogens with zero attached hydrogens (tertiary/aromatic N) is 1. The fourth-order valence-electron chi connectivity index (χ4n) is 2.00. The molecule has 17 heavy (non-hydrogen) atoms. The largest absolute Gasteiger partial charge is 0.205 e. The van der Waals surface area contributed by atoms with E-state index in [9.17, 15) is 0 Å². The minimum absolute atomic E-state index is 1.05. The summed E-state index contributed by atoms with van der Waals surface area (Å²) in [4.78, 5) is 0. The first-order valence-electron chi connectivity index (χ1n) is 6.40. The molecule has 88 valence electrons. The first kappa shape index (κ1) is 11.8. The maximum atomic E-state index is 2.26. The summed E-state index contributed by atoms with van der Waals surface area (Å²) >= 11 is 0. The van der Waals surface area contributed by atoms with Crippen molar-refractivity contribution in [1.29, 1.82) is 0 Å². The summed E-state index contributed by atoms with van der Waals surface area (Å²) < 4.78 is 2.26. The van der Waals surface area contributed by atoms with Gasteiger partial charge in [0.15, 0.2) is 18.9 Å². The van der Waals surface area contributed by atoms with Crippen LogP contribution in [0.15, 0.2) is 54.9 Å². The van der Waals surface area contributed by atoms with Gasteiger partial charge in [0.25, 0.3) is 0 Å². The van der Waals surface area contributed by atoms with E-state index in [0.717, 1.165) is 13.0 Å². The van der Waals surface area contributed by atoms with Crippen molar-refractivity contribution in [2.75, 3.05) is 0 Å². The lowest BCUT2D eigenvalue weighted by Gasteiger charge is -2.00. The number of hydrogen-bond acceptors (Lipinski definition) is 0. The second kappa shape index (κ2) is 6.19.